The molecule has 0 atom stereocenters. The second-order valence-electron chi connectivity index (χ2n) is 4.02. The minimum Gasteiger partial charge on any atom is -0.494 e. The van der Waals surface area contributed by atoms with E-state index in [4.69, 9.17) is 4.74 Å². The molecule has 106 valence electrons. The maximum absolute atomic E-state index is 11.6. The summed E-state index contributed by atoms with van der Waals surface area (Å²) >= 11 is 0. The lowest BCUT2D eigenvalue weighted by Crippen LogP contribution is -2.16. The molecule has 0 fully saturated rings. The van der Waals surface area contributed by atoms with Gasteiger partial charge in [0.2, 0.25) is 15.9 Å². The first-order valence-electron chi connectivity index (χ1n) is 5.84. The Bertz CT molecular complexity index is 555. The molecule has 0 bridgehead atoms. The van der Waals surface area contributed by atoms with E-state index in [1.165, 1.54) is 20.1 Å². The molecule has 1 rings (SSSR count). The summed E-state index contributed by atoms with van der Waals surface area (Å²) in [5, 5.41) is 2.60. The number of rotatable bonds is 6. The van der Waals surface area contributed by atoms with Crippen molar-refractivity contribution in [3.63, 3.8) is 0 Å². The zero-order valence-corrected chi connectivity index (χ0v) is 12.0. The summed E-state index contributed by atoms with van der Waals surface area (Å²) < 4.78 is 30.8. The van der Waals surface area contributed by atoms with Gasteiger partial charge >= 0.3 is 0 Å². The highest BCUT2D eigenvalue weighted by atomic mass is 32.2. The van der Waals surface area contributed by atoms with E-state index >= 15 is 0 Å². The van der Waals surface area contributed by atoms with Crippen LogP contribution in [0.2, 0.25) is 0 Å². The first-order chi connectivity index (χ1) is 8.88. The van der Waals surface area contributed by atoms with Crippen LogP contribution >= 0.6 is 0 Å². The third kappa shape index (κ3) is 4.78. The molecular weight excluding hydrogens is 268 g/mol. The van der Waals surface area contributed by atoms with Crippen molar-refractivity contribution in [2.24, 2.45) is 0 Å². The topological polar surface area (TPSA) is 84.5 Å². The molecule has 6 nitrogen and oxygen atoms in total. The molecule has 0 saturated heterocycles. The van der Waals surface area contributed by atoms with Crippen molar-refractivity contribution in [2.45, 2.75) is 20.3 Å². The summed E-state index contributed by atoms with van der Waals surface area (Å²) in [5.41, 5.74) is 0.896. The number of ether oxygens (including phenoxy) is 1. The van der Waals surface area contributed by atoms with E-state index in [0.717, 1.165) is 0 Å². The van der Waals surface area contributed by atoms with Crippen LogP contribution in [0.5, 0.6) is 5.75 Å². The highest BCUT2D eigenvalue weighted by Gasteiger charge is 2.11. The van der Waals surface area contributed by atoms with Gasteiger partial charge in [-0.25, -0.2) is 8.42 Å². The minimum absolute atomic E-state index is 0.0583. The maximum atomic E-state index is 11.6. The number of methoxy groups -OCH3 is 1. The summed E-state index contributed by atoms with van der Waals surface area (Å²) in [7, 11) is -1.89. The summed E-state index contributed by atoms with van der Waals surface area (Å²) in [4.78, 5) is 11.0. The normalized spacial score (nSPS) is 10.9. The predicted molar refractivity (Wildman–Crippen MR) is 75.0 cm³/mol. The molecule has 0 aliphatic rings. The van der Waals surface area contributed by atoms with E-state index in [-0.39, 0.29) is 11.7 Å². The van der Waals surface area contributed by atoms with Gasteiger partial charge in [0.05, 0.1) is 24.2 Å². The second kappa shape index (κ2) is 6.42. The van der Waals surface area contributed by atoms with E-state index in [1.54, 1.807) is 19.1 Å². The van der Waals surface area contributed by atoms with Crippen LogP contribution in [-0.4, -0.2) is 27.2 Å². The van der Waals surface area contributed by atoms with Crippen LogP contribution in [0.1, 0.15) is 20.3 Å². The van der Waals surface area contributed by atoms with Crippen molar-refractivity contribution >= 4 is 27.3 Å². The Labute approximate surface area is 113 Å². The molecule has 0 aliphatic carbocycles. The highest BCUT2D eigenvalue weighted by Crippen LogP contribution is 2.28. The van der Waals surface area contributed by atoms with E-state index < -0.39 is 10.0 Å². The Kier molecular flexibility index (Phi) is 5.17. The van der Waals surface area contributed by atoms with Crippen LogP contribution in [0.25, 0.3) is 0 Å². The predicted octanol–water partition coefficient (Wildman–Crippen LogP) is 1.81. The number of sulfonamides is 1. The fourth-order valence-corrected chi connectivity index (χ4v) is 2.67. The van der Waals surface area contributed by atoms with E-state index in [2.05, 4.69) is 10.0 Å². The molecule has 1 amide bonds. The Morgan fingerprint density at radius 2 is 2.05 bits per heavy atom. The van der Waals surface area contributed by atoms with E-state index in [0.29, 0.717) is 23.5 Å². The number of carbonyl (C=O) groups is 1. The number of nitrogens with one attached hydrogen (secondary N) is 2. The smallest absolute Gasteiger partial charge is 0.232 e. The average Bonchev–Trinajstić information content (AvgIpc) is 2.29. The van der Waals surface area contributed by atoms with Crippen LogP contribution in [0.15, 0.2) is 18.2 Å². The number of carbonyl (C=O) groups excluding carboxylic acids is 1. The minimum atomic E-state index is -3.34. The van der Waals surface area contributed by atoms with Crippen LogP contribution in [0, 0.1) is 0 Å². The van der Waals surface area contributed by atoms with Gasteiger partial charge in [0.1, 0.15) is 5.75 Å². The largest absolute Gasteiger partial charge is 0.494 e. The van der Waals surface area contributed by atoms with Gasteiger partial charge in [-0.15, -0.1) is 0 Å². The lowest BCUT2D eigenvalue weighted by molar-refractivity contribution is -0.114. The molecule has 7 heteroatoms. The SMILES string of the molecule is CCCS(=O)(=O)Nc1ccc(NC(C)=O)c(OC)c1. The molecule has 2 N–H and O–H groups in total. The Balaban J connectivity index is 2.97. The van der Waals surface area contributed by atoms with E-state index in [1.807, 2.05) is 0 Å². The van der Waals surface area contributed by atoms with Gasteiger partial charge in [0.15, 0.2) is 0 Å². The van der Waals surface area contributed by atoms with Gasteiger partial charge < -0.3 is 10.1 Å². The molecule has 1 aromatic carbocycles. The van der Waals surface area contributed by atoms with Gasteiger partial charge in [0.25, 0.3) is 0 Å². The van der Waals surface area contributed by atoms with Crippen LogP contribution in [0.4, 0.5) is 11.4 Å². The molecule has 0 unspecified atom stereocenters. The van der Waals surface area contributed by atoms with Crippen molar-refractivity contribution in [3.05, 3.63) is 18.2 Å². The standard InChI is InChI=1S/C12H18N2O4S/c1-4-7-19(16,17)14-10-5-6-11(13-9(2)15)12(8-10)18-3/h5-6,8,14H,4,7H2,1-3H3,(H,13,15). The average molecular weight is 286 g/mol. The molecule has 0 heterocycles. The number of amides is 1. The molecule has 0 aromatic heterocycles. The van der Waals surface area contributed by atoms with Crippen LogP contribution in [0.3, 0.4) is 0 Å². The number of anilines is 2. The lowest BCUT2D eigenvalue weighted by Gasteiger charge is -2.12. The first-order valence-corrected chi connectivity index (χ1v) is 7.49. The van der Waals surface area contributed by atoms with Crippen molar-refractivity contribution in [1.82, 2.24) is 0 Å². The first kappa shape index (κ1) is 15.3. The summed E-state index contributed by atoms with van der Waals surface area (Å²) in [6, 6.07) is 4.68. The van der Waals surface area contributed by atoms with Crippen LogP contribution < -0.4 is 14.8 Å². The van der Waals surface area contributed by atoms with Gasteiger partial charge in [-0.1, -0.05) is 6.92 Å². The lowest BCUT2D eigenvalue weighted by atomic mass is 10.2. The molecule has 0 radical (unpaired) electrons. The quantitative estimate of drug-likeness (QED) is 0.835. The number of hydrogen-bond donors (Lipinski definition) is 2. The van der Waals surface area contributed by atoms with Crippen molar-refractivity contribution < 1.29 is 17.9 Å². The zero-order valence-electron chi connectivity index (χ0n) is 11.2. The van der Waals surface area contributed by atoms with Crippen molar-refractivity contribution in [2.75, 3.05) is 22.9 Å². The molecule has 0 spiro atoms. The molecule has 19 heavy (non-hydrogen) atoms. The third-order valence-electron chi connectivity index (χ3n) is 2.26. The Morgan fingerprint density at radius 1 is 1.37 bits per heavy atom. The Morgan fingerprint density at radius 3 is 2.58 bits per heavy atom. The molecule has 1 aromatic rings. The Hall–Kier alpha value is -1.76. The summed E-state index contributed by atoms with van der Waals surface area (Å²) in [6.45, 7) is 3.18. The maximum Gasteiger partial charge on any atom is 0.232 e. The fourth-order valence-electron chi connectivity index (χ4n) is 1.55. The monoisotopic (exact) mass is 286 g/mol. The fraction of sp³-hybridized carbons (Fsp3) is 0.417. The van der Waals surface area contributed by atoms with Crippen molar-refractivity contribution in [3.8, 4) is 5.75 Å². The summed E-state index contributed by atoms with van der Waals surface area (Å²) in [6.07, 6.45) is 0.538. The summed E-state index contributed by atoms with van der Waals surface area (Å²) in [5.74, 6) is 0.229. The third-order valence-corrected chi connectivity index (χ3v) is 3.75. The molecule has 0 aliphatic heterocycles. The molecular formula is C12H18N2O4S. The van der Waals surface area contributed by atoms with Crippen molar-refractivity contribution in [1.29, 1.82) is 0 Å². The highest BCUT2D eigenvalue weighted by molar-refractivity contribution is 7.92. The van der Waals surface area contributed by atoms with Crippen LogP contribution in [-0.2, 0) is 14.8 Å². The van der Waals surface area contributed by atoms with Gasteiger partial charge in [-0.3, -0.25) is 9.52 Å². The second-order valence-corrected chi connectivity index (χ2v) is 5.86. The molecule has 0 saturated carbocycles. The van der Waals surface area contributed by atoms with Gasteiger partial charge in [-0.2, -0.15) is 0 Å². The van der Waals surface area contributed by atoms with E-state index in [9.17, 15) is 13.2 Å². The van der Waals surface area contributed by atoms with Gasteiger partial charge in [0, 0.05) is 13.0 Å². The zero-order chi connectivity index (χ0) is 14.5. The van der Waals surface area contributed by atoms with Gasteiger partial charge in [-0.05, 0) is 18.6 Å². The number of hydrogen-bond acceptors (Lipinski definition) is 4. The number of benzene rings is 1.